The summed E-state index contributed by atoms with van der Waals surface area (Å²) in [5.74, 6) is -0.954. The molecular weight excluding hydrogens is 322 g/mol. The van der Waals surface area contributed by atoms with Gasteiger partial charge in [0.15, 0.2) is 5.65 Å². The summed E-state index contributed by atoms with van der Waals surface area (Å²) in [6.45, 7) is 6.39. The SMILES string of the molecule is CCN(CC(=O)O)C1CC(NC(=O)c2cc(C)nc3n[nH]c(C)c23)C1. The molecule has 2 heterocycles. The maximum absolute atomic E-state index is 12.7. The van der Waals surface area contributed by atoms with E-state index in [0.717, 1.165) is 29.6 Å². The predicted octanol–water partition coefficient (Wildman–Crippen LogP) is 1.24. The fourth-order valence-electron chi connectivity index (χ4n) is 3.42. The zero-order valence-electron chi connectivity index (χ0n) is 14.7. The molecule has 0 saturated heterocycles. The maximum Gasteiger partial charge on any atom is 0.317 e. The number of aromatic amines is 1. The van der Waals surface area contributed by atoms with Gasteiger partial charge in [-0.3, -0.25) is 19.6 Å². The number of fused-ring (bicyclic) bond motifs is 1. The highest BCUT2D eigenvalue weighted by Crippen LogP contribution is 2.27. The number of carbonyl (C=O) groups is 2. The molecule has 1 aliphatic rings. The number of pyridine rings is 1. The van der Waals surface area contributed by atoms with Crippen molar-refractivity contribution >= 4 is 22.9 Å². The van der Waals surface area contributed by atoms with Gasteiger partial charge in [-0.25, -0.2) is 4.98 Å². The van der Waals surface area contributed by atoms with E-state index < -0.39 is 5.97 Å². The fourth-order valence-corrected chi connectivity index (χ4v) is 3.42. The zero-order valence-corrected chi connectivity index (χ0v) is 14.7. The molecule has 0 spiro atoms. The highest BCUT2D eigenvalue weighted by molar-refractivity contribution is 6.06. The average Bonchev–Trinajstić information content (AvgIpc) is 2.88. The third-order valence-corrected chi connectivity index (χ3v) is 4.79. The van der Waals surface area contributed by atoms with Crippen molar-refractivity contribution in [3.8, 4) is 0 Å². The minimum absolute atomic E-state index is 0.0419. The van der Waals surface area contributed by atoms with E-state index in [1.165, 1.54) is 0 Å². The summed E-state index contributed by atoms with van der Waals surface area (Å²) in [5.41, 5.74) is 2.69. The van der Waals surface area contributed by atoms with Gasteiger partial charge in [0, 0.05) is 23.5 Å². The van der Waals surface area contributed by atoms with Crippen LogP contribution in [-0.4, -0.2) is 62.2 Å². The van der Waals surface area contributed by atoms with Crippen molar-refractivity contribution in [2.24, 2.45) is 0 Å². The molecule has 0 radical (unpaired) electrons. The Morgan fingerprint density at radius 3 is 2.76 bits per heavy atom. The molecule has 0 aliphatic heterocycles. The number of hydrogen-bond donors (Lipinski definition) is 3. The number of H-pyrrole nitrogens is 1. The molecule has 8 heteroatoms. The molecule has 1 fully saturated rings. The number of carboxylic acids is 1. The molecule has 0 unspecified atom stereocenters. The zero-order chi connectivity index (χ0) is 18.1. The number of aromatic nitrogens is 3. The molecule has 0 bridgehead atoms. The summed E-state index contributed by atoms with van der Waals surface area (Å²) >= 11 is 0. The van der Waals surface area contributed by atoms with Crippen LogP contribution in [0.1, 0.15) is 41.5 Å². The third-order valence-electron chi connectivity index (χ3n) is 4.79. The van der Waals surface area contributed by atoms with E-state index in [1.807, 2.05) is 25.7 Å². The van der Waals surface area contributed by atoms with E-state index in [9.17, 15) is 9.59 Å². The summed E-state index contributed by atoms with van der Waals surface area (Å²) in [5, 5.41) is 19.8. The molecule has 8 nitrogen and oxygen atoms in total. The van der Waals surface area contributed by atoms with Gasteiger partial charge < -0.3 is 10.4 Å². The van der Waals surface area contributed by atoms with Crippen molar-refractivity contribution in [1.82, 2.24) is 25.4 Å². The van der Waals surface area contributed by atoms with Crippen LogP contribution in [0.3, 0.4) is 0 Å². The number of amides is 1. The number of carboxylic acid groups (broad SMARTS) is 1. The number of nitrogens with one attached hydrogen (secondary N) is 2. The van der Waals surface area contributed by atoms with E-state index in [1.54, 1.807) is 6.07 Å². The Labute approximate surface area is 145 Å². The summed E-state index contributed by atoms with van der Waals surface area (Å²) in [4.78, 5) is 29.9. The second-order valence-electron chi connectivity index (χ2n) is 6.61. The van der Waals surface area contributed by atoms with Crippen LogP contribution in [0.15, 0.2) is 6.07 Å². The molecule has 0 atom stereocenters. The smallest absolute Gasteiger partial charge is 0.317 e. The van der Waals surface area contributed by atoms with Gasteiger partial charge in [-0.1, -0.05) is 6.92 Å². The number of aryl methyl sites for hydroxylation is 2. The van der Waals surface area contributed by atoms with Crippen LogP contribution >= 0.6 is 0 Å². The van der Waals surface area contributed by atoms with Crippen molar-refractivity contribution in [2.75, 3.05) is 13.1 Å². The molecule has 3 rings (SSSR count). The van der Waals surface area contributed by atoms with Crippen LogP contribution in [-0.2, 0) is 4.79 Å². The van der Waals surface area contributed by atoms with Crippen LogP contribution in [0, 0.1) is 13.8 Å². The molecule has 1 amide bonds. The Balaban J connectivity index is 1.67. The number of rotatable bonds is 6. The fraction of sp³-hybridized carbons (Fsp3) is 0.529. The van der Waals surface area contributed by atoms with Gasteiger partial charge in [-0.05, 0) is 39.3 Å². The Kier molecular flexibility index (Phi) is 4.71. The van der Waals surface area contributed by atoms with E-state index >= 15 is 0 Å². The third kappa shape index (κ3) is 3.48. The molecule has 0 aromatic carbocycles. The van der Waals surface area contributed by atoms with Crippen LogP contribution < -0.4 is 5.32 Å². The molecule has 25 heavy (non-hydrogen) atoms. The van der Waals surface area contributed by atoms with Gasteiger partial charge in [0.05, 0.1) is 17.5 Å². The Morgan fingerprint density at radius 2 is 2.12 bits per heavy atom. The Hall–Kier alpha value is -2.48. The Morgan fingerprint density at radius 1 is 1.40 bits per heavy atom. The van der Waals surface area contributed by atoms with Crippen molar-refractivity contribution in [2.45, 2.75) is 45.7 Å². The van der Waals surface area contributed by atoms with Crippen molar-refractivity contribution in [3.63, 3.8) is 0 Å². The lowest BCUT2D eigenvalue weighted by molar-refractivity contribution is -0.139. The second kappa shape index (κ2) is 6.79. The average molecular weight is 345 g/mol. The van der Waals surface area contributed by atoms with Gasteiger partial charge in [0.25, 0.3) is 5.91 Å². The first-order valence-electron chi connectivity index (χ1n) is 8.48. The van der Waals surface area contributed by atoms with Crippen LogP contribution in [0.2, 0.25) is 0 Å². The largest absolute Gasteiger partial charge is 0.480 e. The van der Waals surface area contributed by atoms with Crippen molar-refractivity contribution in [3.05, 3.63) is 23.0 Å². The summed E-state index contributed by atoms with van der Waals surface area (Å²) in [6.07, 6.45) is 1.54. The van der Waals surface area contributed by atoms with Gasteiger partial charge in [-0.2, -0.15) is 5.10 Å². The number of hydrogen-bond acceptors (Lipinski definition) is 5. The van der Waals surface area contributed by atoms with E-state index in [0.29, 0.717) is 17.8 Å². The van der Waals surface area contributed by atoms with Gasteiger partial charge in [0.1, 0.15) is 0 Å². The topological polar surface area (TPSA) is 111 Å². The van der Waals surface area contributed by atoms with Crippen molar-refractivity contribution in [1.29, 1.82) is 0 Å². The standard InChI is InChI=1S/C17H23N5O3/c1-4-22(8-14(23)24)12-6-11(7-12)19-17(25)13-5-9(2)18-16-15(13)10(3)20-21-16/h5,11-12H,4,6-8H2,1-3H3,(H,19,25)(H,23,24)(H,18,20,21). The minimum atomic E-state index is -0.820. The number of carbonyl (C=O) groups excluding carboxylic acids is 1. The lowest BCUT2D eigenvalue weighted by atomic mass is 9.85. The minimum Gasteiger partial charge on any atom is -0.480 e. The lowest BCUT2D eigenvalue weighted by Crippen LogP contribution is -2.54. The Bertz CT molecular complexity index is 810. The van der Waals surface area contributed by atoms with E-state index in [4.69, 9.17) is 5.11 Å². The normalized spacial score (nSPS) is 19.8. The highest BCUT2D eigenvalue weighted by Gasteiger charge is 2.35. The van der Waals surface area contributed by atoms with Gasteiger partial charge in [-0.15, -0.1) is 0 Å². The second-order valence-corrected chi connectivity index (χ2v) is 6.61. The molecular formula is C17H23N5O3. The van der Waals surface area contributed by atoms with Crippen LogP contribution in [0.5, 0.6) is 0 Å². The number of likely N-dealkylation sites (N-methyl/N-ethyl adjacent to an activating group) is 1. The first-order chi connectivity index (χ1) is 11.9. The monoisotopic (exact) mass is 345 g/mol. The van der Waals surface area contributed by atoms with Crippen molar-refractivity contribution < 1.29 is 14.7 Å². The summed E-state index contributed by atoms with van der Waals surface area (Å²) < 4.78 is 0. The summed E-state index contributed by atoms with van der Waals surface area (Å²) in [6, 6.07) is 2.05. The lowest BCUT2D eigenvalue weighted by Gasteiger charge is -2.42. The van der Waals surface area contributed by atoms with Crippen LogP contribution in [0.25, 0.3) is 11.0 Å². The summed E-state index contributed by atoms with van der Waals surface area (Å²) in [7, 11) is 0. The molecule has 134 valence electrons. The molecule has 3 N–H and O–H groups in total. The molecule has 1 saturated carbocycles. The molecule has 1 aliphatic carbocycles. The molecule has 2 aromatic rings. The number of aliphatic carboxylic acids is 1. The number of nitrogens with zero attached hydrogens (tertiary/aromatic N) is 3. The first kappa shape index (κ1) is 17.3. The molecule has 2 aromatic heterocycles. The van der Waals surface area contributed by atoms with Crippen LogP contribution in [0.4, 0.5) is 0 Å². The first-order valence-corrected chi connectivity index (χ1v) is 8.48. The quantitative estimate of drug-likeness (QED) is 0.726. The maximum atomic E-state index is 12.7. The predicted molar refractivity (Wildman–Crippen MR) is 92.5 cm³/mol. The van der Waals surface area contributed by atoms with E-state index in [-0.39, 0.29) is 24.5 Å². The van der Waals surface area contributed by atoms with Gasteiger partial charge >= 0.3 is 5.97 Å². The van der Waals surface area contributed by atoms with E-state index in [2.05, 4.69) is 20.5 Å². The highest BCUT2D eigenvalue weighted by atomic mass is 16.4. The van der Waals surface area contributed by atoms with Gasteiger partial charge in [0.2, 0.25) is 0 Å².